The molecular formula is C28H34N4O4. The van der Waals surface area contributed by atoms with E-state index in [1.54, 1.807) is 54.8 Å². The number of benzene rings is 2. The van der Waals surface area contributed by atoms with Crippen LogP contribution >= 0.6 is 0 Å². The van der Waals surface area contributed by atoms with Crippen molar-refractivity contribution in [2.45, 2.75) is 52.6 Å². The minimum Gasteiger partial charge on any atom is -0.467 e. The zero-order valence-corrected chi connectivity index (χ0v) is 21.3. The summed E-state index contributed by atoms with van der Waals surface area (Å²) in [5, 5.41) is 11.1. The second-order valence-corrected chi connectivity index (χ2v) is 9.98. The molecule has 0 spiro atoms. The summed E-state index contributed by atoms with van der Waals surface area (Å²) in [5.74, 6) is -0.0931. The van der Waals surface area contributed by atoms with E-state index < -0.39 is 6.04 Å². The lowest BCUT2D eigenvalue weighted by Gasteiger charge is -2.22. The van der Waals surface area contributed by atoms with Gasteiger partial charge >= 0.3 is 6.03 Å². The number of carbonyl (C=O) groups excluding carboxylic acids is 3. The van der Waals surface area contributed by atoms with Crippen molar-refractivity contribution in [3.63, 3.8) is 0 Å². The fourth-order valence-electron chi connectivity index (χ4n) is 3.49. The van der Waals surface area contributed by atoms with Gasteiger partial charge in [-0.05, 0) is 65.4 Å². The van der Waals surface area contributed by atoms with Gasteiger partial charge in [0, 0.05) is 16.9 Å². The van der Waals surface area contributed by atoms with Crippen molar-refractivity contribution in [2.75, 3.05) is 10.6 Å². The highest BCUT2D eigenvalue weighted by molar-refractivity contribution is 6.01. The van der Waals surface area contributed by atoms with Crippen LogP contribution in [-0.4, -0.2) is 23.9 Å². The van der Waals surface area contributed by atoms with Crippen molar-refractivity contribution in [3.05, 3.63) is 83.8 Å². The van der Waals surface area contributed by atoms with Crippen molar-refractivity contribution < 1.29 is 18.8 Å². The summed E-state index contributed by atoms with van der Waals surface area (Å²) in [5.41, 5.74) is 2.74. The molecule has 2 aromatic carbocycles. The van der Waals surface area contributed by atoms with Crippen molar-refractivity contribution >= 4 is 29.2 Å². The molecular weight excluding hydrogens is 456 g/mol. The predicted molar refractivity (Wildman–Crippen MR) is 141 cm³/mol. The highest BCUT2D eigenvalue weighted by Crippen LogP contribution is 2.22. The third-order valence-electron chi connectivity index (χ3n) is 5.66. The molecule has 4 N–H and O–H groups in total. The Labute approximate surface area is 211 Å². The lowest BCUT2D eigenvalue weighted by Crippen LogP contribution is -2.47. The first-order chi connectivity index (χ1) is 17.0. The van der Waals surface area contributed by atoms with E-state index in [0.717, 1.165) is 5.56 Å². The monoisotopic (exact) mass is 490 g/mol. The Morgan fingerprint density at radius 3 is 2.00 bits per heavy atom. The van der Waals surface area contributed by atoms with Crippen LogP contribution in [0.5, 0.6) is 0 Å². The number of furan rings is 1. The largest absolute Gasteiger partial charge is 0.467 e. The molecule has 0 fully saturated rings. The molecule has 3 aromatic rings. The number of hydrogen-bond acceptors (Lipinski definition) is 4. The highest BCUT2D eigenvalue weighted by atomic mass is 16.3. The molecule has 0 radical (unpaired) electrons. The van der Waals surface area contributed by atoms with E-state index in [9.17, 15) is 14.4 Å². The number of nitrogens with one attached hydrogen (secondary N) is 4. The van der Waals surface area contributed by atoms with Crippen molar-refractivity contribution in [3.8, 4) is 0 Å². The van der Waals surface area contributed by atoms with Crippen LogP contribution < -0.4 is 21.3 Å². The Bertz CT molecular complexity index is 1160. The number of hydrogen-bond donors (Lipinski definition) is 4. The van der Waals surface area contributed by atoms with Crippen LogP contribution in [-0.2, 0) is 16.8 Å². The summed E-state index contributed by atoms with van der Waals surface area (Å²) in [6.45, 7) is 10.4. The molecule has 3 rings (SSSR count). The molecule has 1 unspecified atom stereocenters. The van der Waals surface area contributed by atoms with Gasteiger partial charge in [0.15, 0.2) is 0 Å². The zero-order chi connectivity index (χ0) is 26.3. The van der Waals surface area contributed by atoms with Gasteiger partial charge in [-0.15, -0.1) is 0 Å². The van der Waals surface area contributed by atoms with Crippen LogP contribution in [0.3, 0.4) is 0 Å². The molecule has 4 amide bonds. The summed E-state index contributed by atoms with van der Waals surface area (Å²) < 4.78 is 5.18. The Kier molecular flexibility index (Phi) is 8.53. The first-order valence-corrected chi connectivity index (χ1v) is 11.9. The fourth-order valence-corrected chi connectivity index (χ4v) is 3.49. The topological polar surface area (TPSA) is 112 Å². The van der Waals surface area contributed by atoms with Gasteiger partial charge in [-0.25, -0.2) is 4.79 Å². The summed E-state index contributed by atoms with van der Waals surface area (Å²) in [6, 6.07) is 16.6. The van der Waals surface area contributed by atoms with Gasteiger partial charge in [0.05, 0.1) is 12.8 Å². The number of anilines is 2. The smallest absolute Gasteiger partial charge is 0.319 e. The summed E-state index contributed by atoms with van der Waals surface area (Å²) in [4.78, 5) is 37.8. The third kappa shape index (κ3) is 7.46. The third-order valence-corrected chi connectivity index (χ3v) is 5.66. The molecule has 8 nitrogen and oxygen atoms in total. The molecule has 36 heavy (non-hydrogen) atoms. The minimum atomic E-state index is -0.718. The average molecular weight is 491 g/mol. The lowest BCUT2D eigenvalue weighted by atomic mass is 9.86. The standard InChI is InChI=1S/C28H34N4O4/c1-18(2)24(32-25(33)19-8-10-20(11-9-19)28(3,4)5)26(34)30-21-12-14-22(15-13-21)31-27(35)29-17-23-7-6-16-36-23/h6-16,18,24H,17H2,1-5H3,(H,30,34)(H,32,33)(H2,29,31,35). The van der Waals surface area contributed by atoms with E-state index in [0.29, 0.717) is 22.7 Å². The van der Waals surface area contributed by atoms with Crippen molar-refractivity contribution in [1.29, 1.82) is 0 Å². The van der Waals surface area contributed by atoms with Gasteiger partial charge in [0.2, 0.25) is 5.91 Å². The molecule has 0 aliphatic carbocycles. The number of amides is 4. The molecule has 0 aliphatic rings. The van der Waals surface area contributed by atoms with E-state index >= 15 is 0 Å². The Morgan fingerprint density at radius 1 is 0.861 bits per heavy atom. The summed E-state index contributed by atoms with van der Waals surface area (Å²) in [6.07, 6.45) is 1.54. The molecule has 1 aromatic heterocycles. The molecule has 190 valence electrons. The van der Waals surface area contributed by atoms with Gasteiger partial charge in [-0.2, -0.15) is 0 Å². The van der Waals surface area contributed by atoms with Crippen LogP contribution in [0.15, 0.2) is 71.3 Å². The van der Waals surface area contributed by atoms with Crippen molar-refractivity contribution in [2.24, 2.45) is 5.92 Å². The minimum absolute atomic E-state index is 0.00975. The average Bonchev–Trinajstić information content (AvgIpc) is 3.35. The fraction of sp³-hybridized carbons (Fsp3) is 0.321. The molecule has 1 heterocycles. The number of rotatable bonds is 8. The maximum atomic E-state index is 13.0. The van der Waals surface area contributed by atoms with E-state index in [4.69, 9.17) is 4.42 Å². The van der Waals surface area contributed by atoms with E-state index in [-0.39, 0.29) is 35.7 Å². The van der Waals surface area contributed by atoms with E-state index in [1.807, 2.05) is 26.0 Å². The van der Waals surface area contributed by atoms with Crippen molar-refractivity contribution in [1.82, 2.24) is 10.6 Å². The Morgan fingerprint density at radius 2 is 1.47 bits per heavy atom. The molecule has 1 atom stereocenters. The number of carbonyl (C=O) groups is 3. The summed E-state index contributed by atoms with van der Waals surface area (Å²) >= 11 is 0. The zero-order valence-electron chi connectivity index (χ0n) is 21.3. The second-order valence-electron chi connectivity index (χ2n) is 9.98. The second kappa shape index (κ2) is 11.6. The molecule has 0 aliphatic heterocycles. The number of urea groups is 1. The van der Waals surface area contributed by atoms with Crippen LogP contribution in [0.1, 0.15) is 56.3 Å². The highest BCUT2D eigenvalue weighted by Gasteiger charge is 2.25. The summed E-state index contributed by atoms with van der Waals surface area (Å²) in [7, 11) is 0. The van der Waals surface area contributed by atoms with Gasteiger partial charge in [0.1, 0.15) is 11.8 Å². The van der Waals surface area contributed by atoms with Gasteiger partial charge in [-0.1, -0.05) is 46.8 Å². The van der Waals surface area contributed by atoms with Crippen LogP contribution in [0.25, 0.3) is 0 Å². The SMILES string of the molecule is CC(C)C(NC(=O)c1ccc(C(C)(C)C)cc1)C(=O)Nc1ccc(NC(=O)NCc2ccco2)cc1. The van der Waals surface area contributed by atoms with Crippen LogP contribution in [0, 0.1) is 5.92 Å². The predicted octanol–water partition coefficient (Wildman–Crippen LogP) is 5.29. The maximum Gasteiger partial charge on any atom is 0.319 e. The first-order valence-electron chi connectivity index (χ1n) is 11.9. The van der Waals surface area contributed by atoms with E-state index in [2.05, 4.69) is 42.0 Å². The molecule has 0 bridgehead atoms. The van der Waals surface area contributed by atoms with E-state index in [1.165, 1.54) is 0 Å². The first kappa shape index (κ1) is 26.5. The van der Waals surface area contributed by atoms with Crippen LogP contribution in [0.2, 0.25) is 0 Å². The van der Waals surface area contributed by atoms with Gasteiger partial charge < -0.3 is 25.7 Å². The Hall–Kier alpha value is -4.07. The quantitative estimate of drug-likeness (QED) is 0.344. The Balaban J connectivity index is 1.55. The maximum absolute atomic E-state index is 13.0. The van der Waals surface area contributed by atoms with Crippen LogP contribution in [0.4, 0.5) is 16.2 Å². The molecule has 0 saturated heterocycles. The molecule has 8 heteroatoms. The normalized spacial score (nSPS) is 12.1. The lowest BCUT2D eigenvalue weighted by molar-refractivity contribution is -0.118. The van der Waals surface area contributed by atoms with Gasteiger partial charge in [0.25, 0.3) is 5.91 Å². The van der Waals surface area contributed by atoms with Gasteiger partial charge in [-0.3, -0.25) is 9.59 Å². The molecule has 0 saturated carbocycles.